The summed E-state index contributed by atoms with van der Waals surface area (Å²) in [5.74, 6) is 0. The molecule has 0 spiro atoms. The van der Waals surface area contributed by atoms with Crippen molar-refractivity contribution in [3.8, 4) is 0 Å². The van der Waals surface area contributed by atoms with Gasteiger partial charge in [0, 0.05) is 51.5 Å². The first-order chi connectivity index (χ1) is 57.0. The van der Waals surface area contributed by atoms with Gasteiger partial charge in [-0.2, -0.15) is 0 Å². The van der Waals surface area contributed by atoms with E-state index in [2.05, 4.69) is 434 Å². The molecule has 1 aliphatic heterocycles. The molecular weight excluding hydrogens is 1660 g/mol. The predicted molar refractivity (Wildman–Crippen MR) is 506 cm³/mol. The average molecular weight is 1770 g/mol. The number of hydrogen-bond acceptors (Lipinski definition) is 5. The fourth-order valence-electron chi connectivity index (χ4n) is 14.5. The first kappa shape index (κ1) is 91.1. The summed E-state index contributed by atoms with van der Waals surface area (Å²) < 4.78 is 4.94. The van der Waals surface area contributed by atoms with Crippen molar-refractivity contribution in [1.82, 2.24) is 21.3 Å². The van der Waals surface area contributed by atoms with Gasteiger partial charge in [-0.3, -0.25) is 0 Å². The number of ether oxygens (including phenoxy) is 1. The molecule has 15 heteroatoms. The molecule has 116 heavy (non-hydrogen) atoms. The SMILES string of the molecule is C.C1CCOC1.[Cl][Fe][Cl].[Cl][Fe][Cl].c1ccc([C@@H](CP(c2ccccc2)c2ccccc2)NCc2ccccc2CN[C@H](CP(c2ccccc2)c2ccccc2)c2ccccc2)cc1.c1ccc([C@@H](C[PH+](c2ccccc2)c2ccccc2)NCc2ccccc2CN[C@H](C[PH+](c2ccccc2)c2ccccc2)c2ccccc2)cc1. The molecule has 0 amide bonds. The van der Waals surface area contributed by atoms with E-state index in [0.717, 1.165) is 64.0 Å². The van der Waals surface area contributed by atoms with Crippen LogP contribution in [0.1, 0.15) is 88.9 Å². The smallest absolute Gasteiger partial charge is 0.0967 e. The standard InChI is InChI=1S/2C48H46N2P2.C4H8O.CH4.4ClH.2Fe/c2*1-7-21-39(22-8-1)47(37-51(43-27-11-3-12-28-43)44-29-13-4-14-30-44)49-35-41-25-19-20-26-42(41)36-50-48(40-23-9-2-10-24-40)38-52(45-31-15-5-16-32-45)46-33-17-6-18-34-46;1-2-4-5-3-1;;;;;;;/h2*1-34,47-50H,35-38H2;1-4H2;1H4;4*1H;;/q;;;;;;;;2*+2/p-2/t2*47-,48-;;;;;;;;/m11......../s1. The molecule has 0 aliphatic carbocycles. The summed E-state index contributed by atoms with van der Waals surface area (Å²) in [4.78, 5) is 0. The number of nitrogens with one attached hydrogen (secondary N) is 4. The second-order valence-corrected chi connectivity index (χ2v) is 40.9. The minimum atomic E-state index is -1.04. The van der Waals surface area contributed by atoms with Crippen LogP contribution >= 0.6 is 72.1 Å². The monoisotopic (exact) mass is 1770 g/mol. The number of halogens is 4. The third-order valence-corrected chi connectivity index (χ3v) is 31.2. The van der Waals surface area contributed by atoms with E-state index in [1.807, 2.05) is 0 Å². The Morgan fingerprint density at radius 3 is 0.647 bits per heavy atom. The Morgan fingerprint density at radius 2 is 0.440 bits per heavy atom. The number of rotatable bonds is 32. The Kier molecular flexibility index (Phi) is 41.9. The van der Waals surface area contributed by atoms with Crippen molar-refractivity contribution in [1.29, 1.82) is 0 Å². The van der Waals surface area contributed by atoms with Crippen LogP contribution in [0, 0.1) is 0 Å². The van der Waals surface area contributed by atoms with Crippen LogP contribution in [0.15, 0.2) is 413 Å². The fraction of sp³-hybridized carbons (Fsp3) is 0.168. The second-order valence-electron chi connectivity index (χ2n) is 27.7. The maximum Gasteiger partial charge on any atom is 0.0967 e. The van der Waals surface area contributed by atoms with E-state index in [1.165, 1.54) is 99.8 Å². The van der Waals surface area contributed by atoms with Crippen LogP contribution in [0.25, 0.3) is 0 Å². The Bertz CT molecular complexity index is 4100. The van der Waals surface area contributed by atoms with E-state index in [1.54, 1.807) is 0 Å². The van der Waals surface area contributed by atoms with Crippen LogP contribution in [0.3, 0.4) is 0 Å². The summed E-state index contributed by atoms with van der Waals surface area (Å²) in [6, 6.07) is 152. The Morgan fingerprint density at radius 1 is 0.259 bits per heavy atom. The molecule has 1 aliphatic rings. The van der Waals surface area contributed by atoms with Gasteiger partial charge in [0.15, 0.2) is 0 Å². The molecule has 0 aromatic heterocycles. The molecule has 1 saturated heterocycles. The third kappa shape index (κ3) is 29.9. The van der Waals surface area contributed by atoms with Crippen molar-refractivity contribution in [2.75, 3.05) is 37.9 Å². The van der Waals surface area contributed by atoms with Gasteiger partial charge in [0.25, 0.3) is 0 Å². The van der Waals surface area contributed by atoms with Gasteiger partial charge in [-0.1, -0.05) is 371 Å². The molecule has 1 fully saturated rings. The van der Waals surface area contributed by atoms with Gasteiger partial charge in [0.05, 0.1) is 61.5 Å². The maximum absolute atomic E-state index is 4.94. The molecule has 0 bridgehead atoms. The Balaban J connectivity index is 0.000000215. The molecule has 14 aromatic carbocycles. The summed E-state index contributed by atoms with van der Waals surface area (Å²) in [6.07, 6.45) is 6.71. The van der Waals surface area contributed by atoms with Gasteiger partial charge in [0.2, 0.25) is 0 Å². The van der Waals surface area contributed by atoms with Crippen LogP contribution in [0.2, 0.25) is 0 Å². The maximum atomic E-state index is 4.94. The number of benzene rings is 14. The first-order valence-electron chi connectivity index (χ1n) is 39.2. The van der Waals surface area contributed by atoms with Crippen molar-refractivity contribution in [3.05, 3.63) is 457 Å². The fourth-order valence-corrected chi connectivity index (χ4v) is 25.0. The molecule has 598 valence electrons. The van der Waals surface area contributed by atoms with E-state index in [4.69, 9.17) is 45.1 Å². The van der Waals surface area contributed by atoms with Gasteiger partial charge in [0.1, 0.15) is 0 Å². The van der Waals surface area contributed by atoms with Crippen molar-refractivity contribution >= 4 is 115 Å². The van der Waals surface area contributed by atoms with Crippen molar-refractivity contribution in [3.63, 3.8) is 0 Å². The van der Waals surface area contributed by atoms with Crippen LogP contribution in [-0.2, 0) is 57.2 Å². The minimum Gasteiger partial charge on any atom is -0.306 e. The van der Waals surface area contributed by atoms with E-state index >= 15 is 0 Å². The van der Waals surface area contributed by atoms with Crippen molar-refractivity contribution < 1.29 is 31.0 Å². The molecule has 5 nitrogen and oxygen atoms in total. The molecule has 4 N–H and O–H groups in total. The van der Waals surface area contributed by atoms with E-state index in [-0.39, 0.29) is 57.9 Å². The molecule has 1 heterocycles. The molecule has 0 unspecified atom stereocenters. The quantitative estimate of drug-likeness (QED) is 0.0250. The predicted octanol–water partition coefficient (Wildman–Crippen LogP) is 22.9. The molecule has 4 atom stereocenters. The zero-order valence-electron chi connectivity index (χ0n) is 64.6. The normalized spacial score (nSPS) is 12.6. The average Bonchev–Trinajstić information content (AvgIpc) is 0.998. The van der Waals surface area contributed by atoms with Gasteiger partial charge in [-0.25, -0.2) is 0 Å². The summed E-state index contributed by atoms with van der Waals surface area (Å²) >= 11 is 0.389. The molecule has 0 saturated carbocycles. The van der Waals surface area contributed by atoms with Crippen molar-refractivity contribution in [2.24, 2.45) is 0 Å². The van der Waals surface area contributed by atoms with Gasteiger partial charge in [-0.15, -0.1) is 0 Å². The largest absolute Gasteiger partial charge is 0.306 e. The van der Waals surface area contributed by atoms with Crippen LogP contribution in [0.4, 0.5) is 0 Å². The van der Waals surface area contributed by atoms with E-state index < -0.39 is 31.7 Å². The zero-order valence-corrected chi connectivity index (χ0v) is 73.6. The summed E-state index contributed by atoms with van der Waals surface area (Å²) in [7, 11) is 15.9. The zero-order chi connectivity index (χ0) is 79.4. The van der Waals surface area contributed by atoms with E-state index in [0.29, 0.717) is 0 Å². The Hall–Kier alpha value is -7.20. The number of hydrogen-bond donors (Lipinski definition) is 4. The third-order valence-electron chi connectivity index (χ3n) is 20.3. The van der Waals surface area contributed by atoms with E-state index in [9.17, 15) is 0 Å². The summed E-state index contributed by atoms with van der Waals surface area (Å²) in [6.45, 7) is 5.19. The van der Waals surface area contributed by atoms with Gasteiger partial charge >= 0.3 is 66.7 Å². The van der Waals surface area contributed by atoms with Gasteiger partial charge < -0.3 is 26.0 Å². The molecule has 15 rings (SSSR count). The van der Waals surface area contributed by atoms with Crippen LogP contribution in [0.5, 0.6) is 0 Å². The molecule has 14 aromatic rings. The Labute approximate surface area is 725 Å². The first-order valence-corrected chi connectivity index (χ1v) is 51.7. The topological polar surface area (TPSA) is 57.4 Å². The molecular formula is C101H106Cl4Fe2N4OP4+2. The second kappa shape index (κ2) is 53.4. The van der Waals surface area contributed by atoms with Crippen LogP contribution < -0.4 is 63.7 Å². The summed E-state index contributed by atoms with van der Waals surface area (Å²) in [5, 5.41) is 27.7. The molecule has 0 radical (unpaired) electrons. The minimum absolute atomic E-state index is 0. The summed E-state index contributed by atoms with van der Waals surface area (Å²) in [5.41, 5.74) is 10.7. The van der Waals surface area contributed by atoms with Crippen molar-refractivity contribution in [2.45, 2.75) is 70.6 Å². The van der Waals surface area contributed by atoms with Crippen LogP contribution in [-0.4, -0.2) is 37.9 Å². The van der Waals surface area contributed by atoms with Gasteiger partial charge in [-0.05, 0) is 155 Å².